The van der Waals surface area contributed by atoms with Crippen molar-refractivity contribution >= 4 is 6.29 Å². The zero-order chi connectivity index (χ0) is 7.28. The number of nitrogens with two attached hydrogens (primary N) is 1. The molecule has 2 unspecified atom stereocenters. The normalized spacial score (nSPS) is 16.8. The molecule has 0 saturated carbocycles. The zero-order valence-electron chi connectivity index (χ0n) is 5.51. The minimum Gasteiger partial charge on any atom is -0.303 e. The number of carbonyl (C=O) groups excluding carboxylic acids is 1. The van der Waals surface area contributed by atoms with Crippen molar-refractivity contribution in [3.05, 3.63) is 0 Å². The molecule has 0 aliphatic rings. The lowest BCUT2D eigenvalue weighted by Gasteiger charge is -2.07. The van der Waals surface area contributed by atoms with E-state index in [1.807, 2.05) is 6.92 Å². The van der Waals surface area contributed by atoms with Crippen LogP contribution < -0.4 is 5.73 Å². The third-order valence-electron chi connectivity index (χ3n) is 1.21. The van der Waals surface area contributed by atoms with Gasteiger partial charge in [0.1, 0.15) is 6.29 Å². The Balaban J connectivity index is 3.54. The van der Waals surface area contributed by atoms with Crippen molar-refractivity contribution in [2.45, 2.75) is 26.1 Å². The summed E-state index contributed by atoms with van der Waals surface area (Å²) in [6.45, 7) is 1.89. The monoisotopic (exact) mass is 133 g/mol. The Morgan fingerprint density at radius 2 is 2.33 bits per heavy atom. The van der Waals surface area contributed by atoms with Crippen LogP contribution >= 0.6 is 0 Å². The van der Waals surface area contributed by atoms with E-state index in [0.29, 0.717) is 12.7 Å². The molecule has 0 rings (SSSR count). The first-order valence-corrected chi connectivity index (χ1v) is 3.07. The van der Waals surface area contributed by atoms with Gasteiger partial charge in [0.15, 0.2) is 6.30 Å². The summed E-state index contributed by atoms with van der Waals surface area (Å²) in [6.07, 6.45) is 0.429. The van der Waals surface area contributed by atoms with Crippen LogP contribution in [-0.4, -0.2) is 12.6 Å². The highest BCUT2D eigenvalue weighted by Gasteiger charge is 2.13. The minimum atomic E-state index is -1.48. The van der Waals surface area contributed by atoms with Gasteiger partial charge in [0.2, 0.25) is 0 Å². The molecular weight excluding hydrogens is 121 g/mol. The summed E-state index contributed by atoms with van der Waals surface area (Å²) in [5.41, 5.74) is 4.84. The molecule has 2 atom stereocenters. The maximum atomic E-state index is 12.1. The van der Waals surface area contributed by atoms with E-state index in [2.05, 4.69) is 0 Å². The van der Waals surface area contributed by atoms with E-state index >= 15 is 0 Å². The van der Waals surface area contributed by atoms with Crippen molar-refractivity contribution < 1.29 is 9.18 Å². The summed E-state index contributed by atoms with van der Waals surface area (Å²) < 4.78 is 12.1. The number of hydrogen-bond acceptors (Lipinski definition) is 2. The van der Waals surface area contributed by atoms with Crippen LogP contribution in [0.4, 0.5) is 4.39 Å². The molecule has 0 amide bonds. The number of aldehydes is 1. The molecular formula is C6H12FNO. The van der Waals surface area contributed by atoms with Gasteiger partial charge in [0, 0.05) is 0 Å². The quantitative estimate of drug-likeness (QED) is 0.456. The van der Waals surface area contributed by atoms with Gasteiger partial charge < -0.3 is 10.5 Å². The Kier molecular flexibility index (Phi) is 4.22. The predicted molar refractivity (Wildman–Crippen MR) is 33.5 cm³/mol. The summed E-state index contributed by atoms with van der Waals surface area (Å²) in [5, 5.41) is 0. The van der Waals surface area contributed by atoms with Gasteiger partial charge in [-0.3, -0.25) is 0 Å². The number of hydrogen-bond donors (Lipinski definition) is 1. The topological polar surface area (TPSA) is 43.1 Å². The molecule has 0 heterocycles. The van der Waals surface area contributed by atoms with Gasteiger partial charge in [-0.1, -0.05) is 13.3 Å². The molecule has 0 aromatic rings. The van der Waals surface area contributed by atoms with Gasteiger partial charge in [0.25, 0.3) is 0 Å². The number of carbonyl (C=O) groups is 1. The van der Waals surface area contributed by atoms with Crippen molar-refractivity contribution in [1.82, 2.24) is 0 Å². The molecule has 2 N–H and O–H groups in total. The minimum absolute atomic E-state index is 0.543. The molecule has 2 nitrogen and oxygen atoms in total. The fourth-order valence-corrected chi connectivity index (χ4v) is 0.636. The van der Waals surface area contributed by atoms with Gasteiger partial charge in [-0.15, -0.1) is 0 Å². The van der Waals surface area contributed by atoms with Crippen molar-refractivity contribution in [3.63, 3.8) is 0 Å². The maximum absolute atomic E-state index is 12.1. The summed E-state index contributed by atoms with van der Waals surface area (Å²) in [7, 11) is 0. The van der Waals surface area contributed by atoms with Crippen LogP contribution in [0.3, 0.4) is 0 Å². The molecule has 0 fully saturated rings. The second-order valence-electron chi connectivity index (χ2n) is 2.03. The fourth-order valence-electron chi connectivity index (χ4n) is 0.636. The zero-order valence-corrected chi connectivity index (χ0v) is 5.51. The third-order valence-corrected chi connectivity index (χ3v) is 1.21. The SMILES string of the molecule is CCCC(C=O)C(N)F. The summed E-state index contributed by atoms with van der Waals surface area (Å²) >= 11 is 0. The average molecular weight is 133 g/mol. The largest absolute Gasteiger partial charge is 0.303 e. The summed E-state index contributed by atoms with van der Waals surface area (Å²) in [4.78, 5) is 10.0. The lowest BCUT2D eigenvalue weighted by atomic mass is 10.1. The van der Waals surface area contributed by atoms with E-state index in [4.69, 9.17) is 5.73 Å². The van der Waals surface area contributed by atoms with Gasteiger partial charge in [-0.25, -0.2) is 4.39 Å². The van der Waals surface area contributed by atoms with Gasteiger partial charge >= 0.3 is 0 Å². The van der Waals surface area contributed by atoms with Crippen LogP contribution in [0.5, 0.6) is 0 Å². The van der Waals surface area contributed by atoms with E-state index in [1.54, 1.807) is 0 Å². The van der Waals surface area contributed by atoms with E-state index < -0.39 is 12.2 Å². The number of alkyl halides is 1. The molecule has 3 heteroatoms. The maximum Gasteiger partial charge on any atom is 0.158 e. The lowest BCUT2D eigenvalue weighted by molar-refractivity contribution is -0.113. The molecule has 0 aromatic heterocycles. The third kappa shape index (κ3) is 3.19. The second kappa shape index (κ2) is 4.44. The Bertz CT molecular complexity index is 85.1. The molecule has 0 radical (unpaired) electrons. The van der Waals surface area contributed by atoms with Crippen molar-refractivity contribution in [1.29, 1.82) is 0 Å². The standard InChI is InChI=1S/C6H12FNO/c1-2-3-5(4-9)6(7)8/h4-6H,2-3,8H2,1H3. The molecule has 9 heavy (non-hydrogen) atoms. The summed E-state index contributed by atoms with van der Waals surface area (Å²) in [6, 6.07) is 0. The van der Waals surface area contributed by atoms with Gasteiger partial charge in [-0.2, -0.15) is 0 Å². The molecule has 0 aliphatic heterocycles. The molecule has 0 aromatic carbocycles. The molecule has 0 bridgehead atoms. The van der Waals surface area contributed by atoms with Crippen LogP contribution in [0, 0.1) is 5.92 Å². The fraction of sp³-hybridized carbons (Fsp3) is 0.833. The van der Waals surface area contributed by atoms with Crippen LogP contribution in [0.25, 0.3) is 0 Å². The average Bonchev–Trinajstić information content (AvgIpc) is 1.82. The molecule has 0 spiro atoms. The van der Waals surface area contributed by atoms with E-state index in [-0.39, 0.29) is 0 Å². The summed E-state index contributed by atoms with van der Waals surface area (Å²) in [5.74, 6) is -0.602. The van der Waals surface area contributed by atoms with Crippen LogP contribution in [0.15, 0.2) is 0 Å². The highest BCUT2D eigenvalue weighted by Crippen LogP contribution is 2.06. The number of halogens is 1. The van der Waals surface area contributed by atoms with E-state index in [9.17, 15) is 9.18 Å². The van der Waals surface area contributed by atoms with Crippen LogP contribution in [0.1, 0.15) is 19.8 Å². The van der Waals surface area contributed by atoms with E-state index in [0.717, 1.165) is 6.42 Å². The second-order valence-corrected chi connectivity index (χ2v) is 2.03. The van der Waals surface area contributed by atoms with Crippen LogP contribution in [-0.2, 0) is 4.79 Å². The smallest absolute Gasteiger partial charge is 0.158 e. The first-order chi connectivity index (χ1) is 4.22. The Labute approximate surface area is 54.2 Å². The first-order valence-electron chi connectivity index (χ1n) is 3.07. The van der Waals surface area contributed by atoms with Crippen LogP contribution in [0.2, 0.25) is 0 Å². The molecule has 54 valence electrons. The van der Waals surface area contributed by atoms with E-state index in [1.165, 1.54) is 0 Å². The first kappa shape index (κ1) is 8.56. The number of rotatable bonds is 4. The Hall–Kier alpha value is -0.440. The highest BCUT2D eigenvalue weighted by molar-refractivity contribution is 5.54. The van der Waals surface area contributed by atoms with Gasteiger partial charge in [-0.05, 0) is 6.42 Å². The van der Waals surface area contributed by atoms with Crippen molar-refractivity contribution in [2.24, 2.45) is 11.7 Å². The van der Waals surface area contributed by atoms with Crippen molar-refractivity contribution in [2.75, 3.05) is 0 Å². The van der Waals surface area contributed by atoms with Crippen molar-refractivity contribution in [3.8, 4) is 0 Å². The van der Waals surface area contributed by atoms with Gasteiger partial charge in [0.05, 0.1) is 5.92 Å². The predicted octanol–water partition coefficient (Wildman–Crippen LogP) is 0.856. The Morgan fingerprint density at radius 3 is 2.44 bits per heavy atom. The Morgan fingerprint density at radius 1 is 1.78 bits per heavy atom. The molecule has 0 aliphatic carbocycles. The lowest BCUT2D eigenvalue weighted by Crippen LogP contribution is -2.25. The highest BCUT2D eigenvalue weighted by atomic mass is 19.1. The molecule has 0 saturated heterocycles.